The van der Waals surface area contributed by atoms with E-state index in [9.17, 15) is 14.4 Å². The molecular formula is C36H41N3O6. The molecule has 2 saturated carbocycles. The average Bonchev–Trinajstić information content (AvgIpc) is 3.44. The lowest BCUT2D eigenvalue weighted by Crippen LogP contribution is -2.50. The second-order valence-corrected chi connectivity index (χ2v) is 12.4. The van der Waals surface area contributed by atoms with Gasteiger partial charge in [-0.25, -0.2) is 4.79 Å². The van der Waals surface area contributed by atoms with Gasteiger partial charge in [-0.2, -0.15) is 0 Å². The van der Waals surface area contributed by atoms with E-state index < -0.39 is 29.4 Å². The molecule has 4 aliphatic rings. The number of amides is 2. The molecule has 0 radical (unpaired) electrons. The van der Waals surface area contributed by atoms with Crippen molar-refractivity contribution in [2.75, 3.05) is 26.8 Å². The topological polar surface area (TPSA) is 107 Å². The summed E-state index contributed by atoms with van der Waals surface area (Å²) in [4.78, 5) is 48.5. The molecule has 0 spiro atoms. The number of allylic oxidation sites excluding steroid dienone is 1. The van der Waals surface area contributed by atoms with Gasteiger partial charge in [0.15, 0.2) is 0 Å². The van der Waals surface area contributed by atoms with Crippen LogP contribution in [0.1, 0.15) is 56.6 Å². The summed E-state index contributed by atoms with van der Waals surface area (Å²) in [6.07, 6.45) is 9.04. The minimum Gasteiger partial charge on any atom is -0.490 e. The summed E-state index contributed by atoms with van der Waals surface area (Å²) in [5, 5.41) is 7.65. The maximum atomic E-state index is 13.9. The van der Waals surface area contributed by atoms with Crippen LogP contribution in [-0.2, 0) is 24.0 Å². The van der Waals surface area contributed by atoms with Gasteiger partial charge in [0, 0.05) is 30.6 Å². The van der Waals surface area contributed by atoms with Crippen LogP contribution in [0.25, 0.3) is 11.1 Å². The lowest BCUT2D eigenvalue weighted by atomic mass is 9.93. The van der Waals surface area contributed by atoms with Crippen molar-refractivity contribution in [3.05, 3.63) is 78.4 Å². The van der Waals surface area contributed by atoms with E-state index >= 15 is 0 Å². The van der Waals surface area contributed by atoms with Gasteiger partial charge < -0.3 is 24.5 Å². The molecule has 0 aromatic heterocycles. The molecule has 6 rings (SSSR count). The molecule has 1 aliphatic heterocycles. The van der Waals surface area contributed by atoms with Crippen molar-refractivity contribution in [2.45, 2.75) is 57.1 Å². The van der Waals surface area contributed by atoms with Crippen molar-refractivity contribution in [2.24, 2.45) is 22.9 Å². The summed E-state index contributed by atoms with van der Waals surface area (Å²) in [5.74, 6) is -1.67. The van der Waals surface area contributed by atoms with E-state index in [2.05, 4.69) is 29.2 Å². The molecule has 2 aromatic carbocycles. The highest BCUT2D eigenvalue weighted by molar-refractivity contribution is 6.24. The Labute approximate surface area is 264 Å². The zero-order valence-corrected chi connectivity index (χ0v) is 26.0. The van der Waals surface area contributed by atoms with E-state index in [0.717, 1.165) is 47.3 Å². The number of esters is 1. The molecule has 2 aromatic rings. The number of hydrogen-bond acceptors (Lipinski definition) is 7. The molecule has 9 heteroatoms. The van der Waals surface area contributed by atoms with Crippen molar-refractivity contribution in [1.82, 2.24) is 10.2 Å². The van der Waals surface area contributed by atoms with Crippen LogP contribution < -0.4 is 10.1 Å². The molecule has 3 aliphatic carbocycles. The van der Waals surface area contributed by atoms with Crippen LogP contribution in [-0.4, -0.2) is 66.8 Å². The summed E-state index contributed by atoms with van der Waals surface area (Å²) >= 11 is 0. The van der Waals surface area contributed by atoms with Crippen LogP contribution in [0.5, 0.6) is 5.75 Å². The Morgan fingerprint density at radius 3 is 2.69 bits per heavy atom. The molecule has 0 saturated heterocycles. The molecule has 9 nitrogen and oxygen atoms in total. The largest absolute Gasteiger partial charge is 0.490 e. The predicted octanol–water partition coefficient (Wildman–Crippen LogP) is 5.03. The van der Waals surface area contributed by atoms with Crippen LogP contribution in [0.2, 0.25) is 0 Å². The highest BCUT2D eigenvalue weighted by Gasteiger charge is 2.62. The summed E-state index contributed by atoms with van der Waals surface area (Å²) in [6, 6.07) is 14.1. The van der Waals surface area contributed by atoms with Gasteiger partial charge in [0.25, 0.3) is 0 Å². The number of benzene rings is 2. The normalized spacial score (nSPS) is 29.3. The third-order valence-corrected chi connectivity index (χ3v) is 9.47. The average molecular weight is 612 g/mol. The number of hydrogen-bond donors (Lipinski definition) is 1. The number of oxime groups is 1. The van der Waals surface area contributed by atoms with E-state index in [1.165, 1.54) is 0 Å². The lowest BCUT2D eigenvalue weighted by Gasteiger charge is -2.26. The first-order valence-corrected chi connectivity index (χ1v) is 16.0. The summed E-state index contributed by atoms with van der Waals surface area (Å²) in [5.41, 5.74) is 3.54. The first-order valence-electron chi connectivity index (χ1n) is 16.0. The molecule has 236 valence electrons. The second kappa shape index (κ2) is 12.9. The molecule has 5 atom stereocenters. The molecule has 0 unspecified atom stereocenters. The number of ether oxygens (including phenoxy) is 2. The first kappa shape index (κ1) is 30.6. The standard InChI is InChI=1S/C36H41N3O6/c1-4-23-22-36(23,35(42)43-5-2)37-33(40)30-20-25-21-31(30)34(41)39(3)17-11-7-6-8-12-18-44-24-15-16-27-26-13-9-10-14-28(26)32(38-45-25)29(27)19-24/h4,8-10,12-16,19,23,25,30-31H,1,5-7,11,17-18,20-22H2,2-3H3,(H,37,40)/b12-8-,38-32-/t23-,25+,30+,31+,36+/m0/s1. The van der Waals surface area contributed by atoms with Crippen molar-refractivity contribution >= 4 is 23.5 Å². The SMILES string of the molecule is C=C[C@H]1C[C@]1(NC(=O)[C@@H]1C[C@@H]2C[C@H]1C(=O)N(C)CCCC/C=C\COc1ccc3c(c1)/C(=N\O2)c1ccccc1-3)C(=O)OCC. The highest BCUT2D eigenvalue weighted by Crippen LogP contribution is 2.47. The summed E-state index contributed by atoms with van der Waals surface area (Å²) < 4.78 is 11.3. The third-order valence-electron chi connectivity index (χ3n) is 9.47. The molecule has 45 heavy (non-hydrogen) atoms. The number of nitrogens with zero attached hydrogens (tertiary/aromatic N) is 2. The molecule has 1 N–H and O–H groups in total. The van der Waals surface area contributed by atoms with Crippen LogP contribution in [0.3, 0.4) is 0 Å². The van der Waals surface area contributed by atoms with Crippen molar-refractivity contribution in [3.8, 4) is 16.9 Å². The quantitative estimate of drug-likeness (QED) is 0.320. The Balaban J connectivity index is 1.30. The number of carbonyl (C=O) groups excluding carboxylic acids is 3. The highest BCUT2D eigenvalue weighted by atomic mass is 16.6. The Hall–Kier alpha value is -4.40. The number of rotatable bonds is 5. The molecular weight excluding hydrogens is 570 g/mol. The van der Waals surface area contributed by atoms with Crippen molar-refractivity contribution in [3.63, 3.8) is 0 Å². The second-order valence-electron chi connectivity index (χ2n) is 12.4. The zero-order chi connectivity index (χ0) is 31.6. The minimum atomic E-state index is -1.14. The monoisotopic (exact) mass is 611 g/mol. The van der Waals surface area contributed by atoms with Gasteiger partial charge in [-0.05, 0) is 74.8 Å². The smallest absolute Gasteiger partial charge is 0.332 e. The fourth-order valence-electron chi connectivity index (χ4n) is 6.89. The maximum Gasteiger partial charge on any atom is 0.332 e. The minimum absolute atomic E-state index is 0.0989. The Morgan fingerprint density at radius 1 is 1.11 bits per heavy atom. The molecule has 4 bridgehead atoms. The molecule has 2 fully saturated rings. The van der Waals surface area contributed by atoms with E-state index in [0.29, 0.717) is 38.1 Å². The summed E-state index contributed by atoms with van der Waals surface area (Å²) in [6.45, 7) is 6.82. The van der Waals surface area contributed by atoms with E-state index in [1.807, 2.05) is 42.5 Å². The lowest BCUT2D eigenvalue weighted by molar-refractivity contribution is -0.150. The van der Waals surface area contributed by atoms with Crippen molar-refractivity contribution < 1.29 is 28.7 Å². The Bertz CT molecular complexity index is 1550. The van der Waals surface area contributed by atoms with Crippen LogP contribution in [0.4, 0.5) is 0 Å². The number of carbonyl (C=O) groups is 3. The molecule has 2 amide bonds. The first-order chi connectivity index (χ1) is 21.9. The van der Waals surface area contributed by atoms with Gasteiger partial charge in [-0.15, -0.1) is 6.58 Å². The number of fused-ring (bicyclic) bond motifs is 6. The fraction of sp³-hybridized carbons (Fsp3) is 0.444. The van der Waals surface area contributed by atoms with Gasteiger partial charge >= 0.3 is 5.97 Å². The van der Waals surface area contributed by atoms with Gasteiger partial charge in [0.1, 0.15) is 29.7 Å². The Morgan fingerprint density at radius 2 is 1.91 bits per heavy atom. The van der Waals surface area contributed by atoms with Gasteiger partial charge in [0.05, 0.1) is 18.4 Å². The van der Waals surface area contributed by atoms with Gasteiger partial charge in [-0.3, -0.25) is 9.59 Å². The zero-order valence-electron chi connectivity index (χ0n) is 26.0. The molecule has 1 heterocycles. The van der Waals surface area contributed by atoms with Gasteiger partial charge in [-0.1, -0.05) is 47.6 Å². The maximum absolute atomic E-state index is 13.9. The Kier molecular flexibility index (Phi) is 8.79. The van der Waals surface area contributed by atoms with E-state index in [1.54, 1.807) is 24.9 Å². The van der Waals surface area contributed by atoms with E-state index in [-0.39, 0.29) is 24.3 Å². The van der Waals surface area contributed by atoms with E-state index in [4.69, 9.17) is 14.3 Å². The van der Waals surface area contributed by atoms with Crippen LogP contribution >= 0.6 is 0 Å². The fourth-order valence-corrected chi connectivity index (χ4v) is 6.89. The van der Waals surface area contributed by atoms with Crippen LogP contribution in [0.15, 0.2) is 72.4 Å². The third kappa shape index (κ3) is 6.00. The predicted molar refractivity (Wildman–Crippen MR) is 171 cm³/mol. The van der Waals surface area contributed by atoms with Crippen molar-refractivity contribution in [1.29, 1.82) is 0 Å². The summed E-state index contributed by atoms with van der Waals surface area (Å²) in [7, 11) is 1.79. The van der Waals surface area contributed by atoms with Crippen LogP contribution in [0, 0.1) is 17.8 Å². The van der Waals surface area contributed by atoms with Gasteiger partial charge in [0.2, 0.25) is 11.8 Å². The number of nitrogens with one attached hydrogen (secondary N) is 1.